The van der Waals surface area contributed by atoms with Gasteiger partial charge >= 0.3 is 6.18 Å². The molecule has 11 heteroatoms. The average molecular weight is 478 g/mol. The number of nitrogens with one attached hydrogen (secondary N) is 1. The van der Waals surface area contributed by atoms with Crippen LogP contribution in [-0.4, -0.2) is 34.9 Å². The molecule has 33 heavy (non-hydrogen) atoms. The summed E-state index contributed by atoms with van der Waals surface area (Å²) >= 11 is 5.54. The van der Waals surface area contributed by atoms with Crippen molar-refractivity contribution in [1.29, 1.82) is 5.26 Å². The van der Waals surface area contributed by atoms with E-state index in [1.54, 1.807) is 4.90 Å². The number of alkyl halides is 3. The van der Waals surface area contributed by atoms with Crippen molar-refractivity contribution >= 4 is 34.6 Å². The highest BCUT2D eigenvalue weighted by molar-refractivity contribution is 7.80. The second-order valence-electron chi connectivity index (χ2n) is 7.90. The van der Waals surface area contributed by atoms with Crippen LogP contribution in [0.5, 0.6) is 0 Å². The Bertz CT molecular complexity index is 1190. The van der Waals surface area contributed by atoms with E-state index >= 15 is 0 Å². The maximum Gasteiger partial charge on any atom is 0.417 e. The summed E-state index contributed by atoms with van der Waals surface area (Å²) in [7, 11) is 1.37. The third kappa shape index (κ3) is 3.50. The molecule has 2 N–H and O–H groups in total. The van der Waals surface area contributed by atoms with Crippen LogP contribution in [-0.2, 0) is 6.18 Å². The van der Waals surface area contributed by atoms with Crippen LogP contribution in [0.15, 0.2) is 36.4 Å². The number of halogens is 4. The molecule has 0 unspecified atom stereocenters. The van der Waals surface area contributed by atoms with Crippen molar-refractivity contribution in [3.63, 3.8) is 0 Å². The zero-order valence-corrected chi connectivity index (χ0v) is 18.1. The van der Waals surface area contributed by atoms with Crippen molar-refractivity contribution in [2.75, 3.05) is 16.8 Å². The van der Waals surface area contributed by atoms with Gasteiger partial charge in [-0.2, -0.15) is 18.4 Å². The zero-order valence-electron chi connectivity index (χ0n) is 17.3. The Morgan fingerprint density at radius 2 is 1.91 bits per heavy atom. The van der Waals surface area contributed by atoms with Gasteiger partial charge in [-0.3, -0.25) is 9.69 Å². The molecule has 1 saturated carbocycles. The molecular formula is C22H18F4N4O2S. The van der Waals surface area contributed by atoms with Gasteiger partial charge in [0.2, 0.25) is 0 Å². The fraction of sp³-hybridized carbons (Fsp3) is 0.318. The number of thiocarbonyl (C=S) groups is 1. The van der Waals surface area contributed by atoms with E-state index in [4.69, 9.17) is 17.5 Å². The van der Waals surface area contributed by atoms with E-state index in [1.165, 1.54) is 36.2 Å². The van der Waals surface area contributed by atoms with Gasteiger partial charge in [-0.05, 0) is 67.9 Å². The first-order valence-corrected chi connectivity index (χ1v) is 10.4. The minimum absolute atomic E-state index is 0.00729. The summed E-state index contributed by atoms with van der Waals surface area (Å²) in [4.78, 5) is 14.6. The van der Waals surface area contributed by atoms with E-state index in [2.05, 4.69) is 5.32 Å². The van der Waals surface area contributed by atoms with Crippen molar-refractivity contribution in [3.05, 3.63) is 58.9 Å². The summed E-state index contributed by atoms with van der Waals surface area (Å²) < 4.78 is 55.1. The highest BCUT2D eigenvalue weighted by Crippen LogP contribution is 2.50. The average Bonchev–Trinajstić information content (AvgIpc) is 2.98. The summed E-state index contributed by atoms with van der Waals surface area (Å²) in [5.41, 5.74) is -2.57. The van der Waals surface area contributed by atoms with Crippen molar-refractivity contribution in [2.24, 2.45) is 0 Å². The minimum Gasteiger partial charge on any atom is -0.371 e. The minimum atomic E-state index is -4.78. The first-order chi connectivity index (χ1) is 15.5. The monoisotopic (exact) mass is 478 g/mol. The van der Waals surface area contributed by atoms with Gasteiger partial charge in [-0.1, -0.05) is 0 Å². The van der Waals surface area contributed by atoms with Crippen LogP contribution in [0.3, 0.4) is 0 Å². The normalized spacial score (nSPS) is 19.4. The molecule has 0 aromatic heterocycles. The highest BCUT2D eigenvalue weighted by atomic mass is 32.1. The molecule has 1 heterocycles. The number of benzene rings is 2. The second kappa shape index (κ2) is 7.97. The third-order valence-electron chi connectivity index (χ3n) is 6.18. The van der Waals surface area contributed by atoms with Gasteiger partial charge in [0.1, 0.15) is 5.82 Å². The van der Waals surface area contributed by atoms with E-state index < -0.39 is 40.8 Å². The smallest absolute Gasteiger partial charge is 0.371 e. The SMILES string of the molecule is CNC(=O)c1ccc(N2C(=S)N(c3ccc(C#N)c(C(F)(F)F)c3)[C@H](O)C23CCC3)cc1F. The number of rotatable bonds is 3. The predicted octanol–water partition coefficient (Wildman–Crippen LogP) is 3.93. The molecule has 1 saturated heterocycles. The van der Waals surface area contributed by atoms with Gasteiger partial charge in [0.05, 0.1) is 28.3 Å². The second-order valence-corrected chi connectivity index (χ2v) is 8.27. The van der Waals surface area contributed by atoms with Crippen LogP contribution < -0.4 is 15.1 Å². The lowest BCUT2D eigenvalue weighted by molar-refractivity contribution is -0.137. The molecule has 2 aromatic rings. The van der Waals surface area contributed by atoms with Crippen molar-refractivity contribution in [3.8, 4) is 6.07 Å². The molecule has 4 rings (SSSR count). The molecule has 172 valence electrons. The Labute approximate surface area is 192 Å². The Kier molecular flexibility index (Phi) is 5.54. The van der Waals surface area contributed by atoms with E-state index in [9.17, 15) is 27.5 Å². The highest BCUT2D eigenvalue weighted by Gasteiger charge is 2.59. The molecule has 1 spiro atoms. The molecule has 1 amide bonds. The van der Waals surface area contributed by atoms with E-state index in [1.807, 2.05) is 0 Å². The number of amides is 1. The third-order valence-corrected chi connectivity index (χ3v) is 6.56. The Morgan fingerprint density at radius 1 is 1.24 bits per heavy atom. The number of anilines is 2. The summed E-state index contributed by atoms with van der Waals surface area (Å²) in [6, 6.07) is 8.50. The van der Waals surface area contributed by atoms with Gasteiger partial charge < -0.3 is 15.3 Å². The first kappa shape index (κ1) is 22.9. The number of carbonyl (C=O) groups excluding carboxylic acids is 1. The van der Waals surface area contributed by atoms with Crippen LogP contribution in [0.4, 0.5) is 28.9 Å². The number of aliphatic hydroxyl groups excluding tert-OH is 1. The maximum atomic E-state index is 14.7. The first-order valence-electron chi connectivity index (χ1n) is 9.99. The van der Waals surface area contributed by atoms with Crippen molar-refractivity contribution in [2.45, 2.75) is 37.2 Å². The number of hydrogen-bond acceptors (Lipinski definition) is 4. The van der Waals surface area contributed by atoms with Crippen LogP contribution in [0.2, 0.25) is 0 Å². The Balaban J connectivity index is 1.79. The summed E-state index contributed by atoms with van der Waals surface area (Å²) in [5, 5.41) is 22.6. The fourth-order valence-corrected chi connectivity index (χ4v) is 4.87. The molecule has 1 atom stereocenters. The van der Waals surface area contributed by atoms with Crippen LogP contribution in [0.1, 0.15) is 40.7 Å². The van der Waals surface area contributed by atoms with Gasteiger partial charge in [0.15, 0.2) is 11.3 Å². The van der Waals surface area contributed by atoms with Crippen LogP contribution >= 0.6 is 12.2 Å². The quantitative estimate of drug-likeness (QED) is 0.514. The number of nitriles is 1. The number of nitrogens with zero attached hydrogens (tertiary/aromatic N) is 3. The Morgan fingerprint density at radius 3 is 2.42 bits per heavy atom. The fourth-order valence-electron chi connectivity index (χ4n) is 4.37. The standard InChI is InChI=1S/C22H18F4N4O2S/c1-28-18(31)15-6-5-14(10-17(15)23)30-20(33)29(19(32)21(30)7-2-8-21)13-4-3-12(11-27)16(9-13)22(24,25)26/h3-6,9-10,19,32H,2,7-8H2,1H3,(H,28,31)/t19-/m1/s1. The van der Waals surface area contributed by atoms with Gasteiger partial charge in [-0.25, -0.2) is 4.39 Å². The van der Waals surface area contributed by atoms with E-state index in [0.29, 0.717) is 12.8 Å². The van der Waals surface area contributed by atoms with Crippen molar-refractivity contribution in [1.82, 2.24) is 5.32 Å². The predicted molar refractivity (Wildman–Crippen MR) is 116 cm³/mol. The molecule has 2 fully saturated rings. The van der Waals surface area contributed by atoms with Crippen LogP contribution in [0, 0.1) is 17.1 Å². The summed E-state index contributed by atoms with van der Waals surface area (Å²) in [6.07, 6.45) is -4.38. The summed E-state index contributed by atoms with van der Waals surface area (Å²) in [6.45, 7) is 0. The number of aliphatic hydroxyl groups is 1. The van der Waals surface area contributed by atoms with Gasteiger partial charge in [0, 0.05) is 18.4 Å². The lowest BCUT2D eigenvalue weighted by atomic mass is 9.74. The molecule has 0 radical (unpaired) electrons. The topological polar surface area (TPSA) is 79.6 Å². The van der Waals surface area contributed by atoms with Gasteiger partial charge in [-0.15, -0.1) is 0 Å². The molecule has 2 aliphatic rings. The maximum absolute atomic E-state index is 14.7. The number of hydrogen-bond donors (Lipinski definition) is 2. The van der Waals surface area contributed by atoms with Gasteiger partial charge in [0.25, 0.3) is 5.91 Å². The molecule has 2 aromatic carbocycles. The number of carbonyl (C=O) groups is 1. The van der Waals surface area contributed by atoms with E-state index in [-0.39, 0.29) is 22.1 Å². The Hall–Kier alpha value is -3.23. The molecule has 1 aliphatic heterocycles. The lowest BCUT2D eigenvalue weighted by Gasteiger charge is -2.46. The lowest BCUT2D eigenvalue weighted by Crippen LogP contribution is -2.57. The van der Waals surface area contributed by atoms with Crippen LogP contribution in [0.25, 0.3) is 0 Å². The molecule has 0 bridgehead atoms. The molecule has 1 aliphatic carbocycles. The van der Waals surface area contributed by atoms with Crippen molar-refractivity contribution < 1.29 is 27.5 Å². The largest absolute Gasteiger partial charge is 0.417 e. The molecular weight excluding hydrogens is 460 g/mol. The molecule has 6 nitrogen and oxygen atoms in total. The zero-order chi connectivity index (χ0) is 24.1. The summed E-state index contributed by atoms with van der Waals surface area (Å²) in [5.74, 6) is -1.41. The van der Waals surface area contributed by atoms with E-state index in [0.717, 1.165) is 24.6 Å².